The summed E-state index contributed by atoms with van der Waals surface area (Å²) in [5.74, 6) is -1.81. The van der Waals surface area contributed by atoms with Gasteiger partial charge in [-0.05, 0) is 95.8 Å². The lowest BCUT2D eigenvalue weighted by Crippen LogP contribution is -2.55. The fraction of sp³-hybridized carbons (Fsp3) is 0.654. The molecule has 9 heteroatoms. The first-order chi connectivity index (χ1) is 16.4. The number of carboxylic acids is 1. The van der Waals surface area contributed by atoms with Crippen molar-refractivity contribution in [2.75, 3.05) is 13.7 Å². The smallest absolute Gasteiger partial charge is 0.408 e. The molecule has 8 nitrogen and oxygen atoms in total. The minimum absolute atomic E-state index is 0.0268. The van der Waals surface area contributed by atoms with Crippen LogP contribution in [0, 0.1) is 17.7 Å². The van der Waals surface area contributed by atoms with E-state index in [4.69, 9.17) is 14.6 Å². The maximum Gasteiger partial charge on any atom is 0.408 e. The number of alkyl carbamates (subject to hydrolysis) is 1. The van der Waals surface area contributed by atoms with Gasteiger partial charge in [0.05, 0.1) is 12.2 Å². The van der Waals surface area contributed by atoms with Crippen molar-refractivity contribution in [2.24, 2.45) is 11.8 Å². The highest BCUT2D eigenvalue weighted by atomic mass is 19.1. The number of halogens is 1. The van der Waals surface area contributed by atoms with E-state index in [1.54, 1.807) is 32.7 Å². The summed E-state index contributed by atoms with van der Waals surface area (Å²) in [4.78, 5) is 38.6. The molecule has 3 rings (SSSR count). The van der Waals surface area contributed by atoms with Crippen LogP contribution in [0.4, 0.5) is 9.18 Å². The number of carboxylic acid groups (broad SMARTS) is 1. The molecule has 2 amide bonds. The van der Waals surface area contributed by atoms with Crippen LogP contribution in [0.3, 0.4) is 0 Å². The van der Waals surface area contributed by atoms with Crippen molar-refractivity contribution in [3.63, 3.8) is 0 Å². The summed E-state index contributed by atoms with van der Waals surface area (Å²) in [5, 5.41) is 11.8. The second-order valence-electron chi connectivity index (χ2n) is 10.7. The molecule has 2 saturated carbocycles. The summed E-state index contributed by atoms with van der Waals surface area (Å²) >= 11 is 0. The molecule has 0 aliphatic heterocycles. The van der Waals surface area contributed by atoms with Crippen LogP contribution >= 0.6 is 0 Å². The lowest BCUT2D eigenvalue weighted by atomic mass is 9.78. The Balaban J connectivity index is 1.58. The molecule has 1 atom stereocenters. The van der Waals surface area contributed by atoms with Crippen molar-refractivity contribution < 1.29 is 33.4 Å². The van der Waals surface area contributed by atoms with Crippen molar-refractivity contribution in [1.82, 2.24) is 10.2 Å². The highest BCUT2D eigenvalue weighted by Crippen LogP contribution is 2.33. The van der Waals surface area contributed by atoms with Crippen LogP contribution in [0.5, 0.6) is 5.75 Å². The Kier molecular flexibility index (Phi) is 8.61. The van der Waals surface area contributed by atoms with E-state index >= 15 is 0 Å². The average molecular weight is 493 g/mol. The number of carbonyl (C=O) groups is 3. The molecule has 35 heavy (non-hydrogen) atoms. The fourth-order valence-electron chi connectivity index (χ4n) is 4.64. The second kappa shape index (κ2) is 11.3. The predicted molar refractivity (Wildman–Crippen MR) is 128 cm³/mol. The molecule has 1 aromatic rings. The number of benzene rings is 1. The number of carbonyl (C=O) groups excluding carboxylic acids is 2. The summed E-state index contributed by atoms with van der Waals surface area (Å²) in [7, 11) is 1.81. The average Bonchev–Trinajstić information content (AvgIpc) is 2.74. The minimum atomic E-state index is -1.19. The van der Waals surface area contributed by atoms with Crippen molar-refractivity contribution in [3.8, 4) is 5.75 Å². The Morgan fingerprint density at radius 1 is 1.14 bits per heavy atom. The lowest BCUT2D eigenvalue weighted by molar-refractivity contribution is -0.137. The zero-order valence-corrected chi connectivity index (χ0v) is 21.0. The monoisotopic (exact) mass is 492 g/mol. The number of likely N-dealkylation sites (N-methyl/N-ethyl adjacent to an activating group) is 1. The topological polar surface area (TPSA) is 105 Å². The first-order valence-corrected chi connectivity index (χ1v) is 12.4. The molecule has 1 aromatic carbocycles. The number of hydrogen-bond acceptors (Lipinski definition) is 5. The van der Waals surface area contributed by atoms with Gasteiger partial charge in [-0.25, -0.2) is 14.0 Å². The number of amides is 2. The summed E-state index contributed by atoms with van der Waals surface area (Å²) in [5.41, 5.74) is -0.791. The molecule has 2 N–H and O–H groups in total. The standard InChI is InChI=1S/C26H37FN2O6/c1-26(2,3)35-25(33)28-22(23(30)29(4)19-6-5-7-19)17-10-8-16(9-11-17)15-34-21-13-12-18(24(31)32)14-20(21)27/h12-14,16-17,19,22H,5-11,15H2,1-4H3,(H,28,33)(H,31,32)/t16?,17?,22-/m0/s1. The largest absolute Gasteiger partial charge is 0.490 e. The minimum Gasteiger partial charge on any atom is -0.490 e. The predicted octanol–water partition coefficient (Wildman–Crippen LogP) is 4.61. The molecule has 0 heterocycles. The number of rotatable bonds is 8. The van der Waals surface area contributed by atoms with E-state index in [9.17, 15) is 18.8 Å². The van der Waals surface area contributed by atoms with Gasteiger partial charge in [-0.1, -0.05) is 0 Å². The number of aromatic carboxylic acids is 1. The Morgan fingerprint density at radius 3 is 2.31 bits per heavy atom. The molecule has 0 aromatic heterocycles. The van der Waals surface area contributed by atoms with Gasteiger partial charge in [-0.3, -0.25) is 4.79 Å². The van der Waals surface area contributed by atoms with Crippen molar-refractivity contribution in [2.45, 2.75) is 83.4 Å². The highest BCUT2D eigenvalue weighted by Gasteiger charge is 2.38. The third-order valence-corrected chi connectivity index (χ3v) is 6.92. The number of hydrogen-bond donors (Lipinski definition) is 2. The molecular weight excluding hydrogens is 455 g/mol. The van der Waals surface area contributed by atoms with Crippen LogP contribution in [-0.4, -0.2) is 59.3 Å². The van der Waals surface area contributed by atoms with E-state index in [2.05, 4.69) is 5.32 Å². The SMILES string of the molecule is CN(C(=O)[C@@H](NC(=O)OC(C)(C)C)C1CCC(COc2ccc(C(=O)O)cc2F)CC1)C1CCC1. The van der Waals surface area contributed by atoms with Crippen LogP contribution in [0.25, 0.3) is 0 Å². The van der Waals surface area contributed by atoms with E-state index in [-0.39, 0.29) is 35.1 Å². The maximum absolute atomic E-state index is 14.2. The van der Waals surface area contributed by atoms with Gasteiger partial charge in [0.1, 0.15) is 11.6 Å². The first kappa shape index (κ1) is 26.8. The number of nitrogens with one attached hydrogen (secondary N) is 1. The lowest BCUT2D eigenvalue weighted by Gasteiger charge is -2.40. The molecule has 2 aliphatic rings. The molecule has 0 radical (unpaired) electrons. The Hall–Kier alpha value is -2.84. The molecule has 0 bridgehead atoms. The summed E-state index contributed by atoms with van der Waals surface area (Å²) < 4.78 is 25.2. The Morgan fingerprint density at radius 2 is 1.80 bits per heavy atom. The van der Waals surface area contributed by atoms with Crippen molar-refractivity contribution in [3.05, 3.63) is 29.6 Å². The van der Waals surface area contributed by atoms with Gasteiger partial charge in [-0.2, -0.15) is 0 Å². The molecule has 0 unspecified atom stereocenters. The van der Waals surface area contributed by atoms with Crippen LogP contribution in [0.1, 0.15) is 76.1 Å². The molecular formula is C26H37FN2O6. The van der Waals surface area contributed by atoms with E-state index in [1.807, 2.05) is 0 Å². The quantitative estimate of drug-likeness (QED) is 0.549. The first-order valence-electron chi connectivity index (χ1n) is 12.4. The van der Waals surface area contributed by atoms with E-state index in [1.165, 1.54) is 12.1 Å². The van der Waals surface area contributed by atoms with Crippen LogP contribution in [0.2, 0.25) is 0 Å². The summed E-state index contributed by atoms with van der Waals surface area (Å²) in [6.07, 6.45) is 5.46. The van der Waals surface area contributed by atoms with Gasteiger partial charge < -0.3 is 24.8 Å². The van der Waals surface area contributed by atoms with Gasteiger partial charge in [0.15, 0.2) is 11.6 Å². The molecule has 2 aliphatic carbocycles. The van der Waals surface area contributed by atoms with Crippen molar-refractivity contribution in [1.29, 1.82) is 0 Å². The van der Waals surface area contributed by atoms with Crippen LogP contribution < -0.4 is 10.1 Å². The Labute approximate surface area is 206 Å². The van der Waals surface area contributed by atoms with Crippen LogP contribution in [-0.2, 0) is 9.53 Å². The van der Waals surface area contributed by atoms with E-state index in [0.717, 1.165) is 51.0 Å². The molecule has 0 saturated heterocycles. The molecule has 194 valence electrons. The van der Waals surface area contributed by atoms with Gasteiger partial charge in [-0.15, -0.1) is 0 Å². The van der Waals surface area contributed by atoms with Crippen molar-refractivity contribution >= 4 is 18.0 Å². The normalized spacial score (nSPS) is 21.4. The fourth-order valence-corrected chi connectivity index (χ4v) is 4.64. The highest BCUT2D eigenvalue weighted by molar-refractivity contribution is 5.87. The van der Waals surface area contributed by atoms with Gasteiger partial charge in [0, 0.05) is 13.1 Å². The van der Waals surface area contributed by atoms with E-state index in [0.29, 0.717) is 6.61 Å². The van der Waals surface area contributed by atoms with E-state index < -0.39 is 29.5 Å². The summed E-state index contributed by atoms with van der Waals surface area (Å²) in [6, 6.07) is 3.16. The maximum atomic E-state index is 14.2. The second-order valence-corrected chi connectivity index (χ2v) is 10.7. The van der Waals surface area contributed by atoms with Crippen LogP contribution in [0.15, 0.2) is 18.2 Å². The molecule has 0 spiro atoms. The number of ether oxygens (including phenoxy) is 2. The Bertz CT molecular complexity index is 919. The molecule has 2 fully saturated rings. The number of nitrogens with zero attached hydrogens (tertiary/aromatic N) is 1. The summed E-state index contributed by atoms with van der Waals surface area (Å²) in [6.45, 7) is 5.66. The van der Waals surface area contributed by atoms with Gasteiger partial charge in [0.2, 0.25) is 5.91 Å². The zero-order valence-electron chi connectivity index (χ0n) is 21.0. The van der Waals surface area contributed by atoms with Gasteiger partial charge >= 0.3 is 12.1 Å². The zero-order chi connectivity index (χ0) is 25.8. The van der Waals surface area contributed by atoms with Gasteiger partial charge in [0.25, 0.3) is 0 Å². The third kappa shape index (κ3) is 7.32. The third-order valence-electron chi connectivity index (χ3n) is 6.92.